The predicted molar refractivity (Wildman–Crippen MR) is 192 cm³/mol. The Labute approximate surface area is 274 Å². The minimum Gasteiger partial charge on any atom is -0.265 e. The highest BCUT2D eigenvalue weighted by atomic mass is 15.1. The normalized spacial score (nSPS) is 16.0. The molecule has 0 spiro atoms. The summed E-state index contributed by atoms with van der Waals surface area (Å²) in [7, 11) is 0. The standard InChI is InChI=1S/C44H43N2/c1-4-13-41(5-2)44(6-3)31-37-20-19-36(30-42(37)43-18-10-11-25-46(43)44)34-16-12-17-35(26-34)40-28-38(32-14-8-7-9-15-32)27-39(29-40)33-21-23-45-24-22-33/h7-12,14-30,41H,4-6,13,31H2,1-3H3/q+1. The van der Waals surface area contributed by atoms with Gasteiger partial charge in [0.1, 0.15) is 0 Å². The molecule has 0 N–H and O–H groups in total. The summed E-state index contributed by atoms with van der Waals surface area (Å²) in [6, 6.07) is 44.8. The van der Waals surface area contributed by atoms with Gasteiger partial charge in [-0.05, 0) is 111 Å². The van der Waals surface area contributed by atoms with Crippen LogP contribution in [-0.4, -0.2) is 4.98 Å². The molecule has 0 radical (unpaired) electrons. The van der Waals surface area contributed by atoms with Crippen molar-refractivity contribution in [1.29, 1.82) is 0 Å². The van der Waals surface area contributed by atoms with Crippen molar-refractivity contribution < 1.29 is 4.57 Å². The molecule has 46 heavy (non-hydrogen) atoms. The van der Waals surface area contributed by atoms with Crippen molar-refractivity contribution in [2.24, 2.45) is 5.92 Å². The van der Waals surface area contributed by atoms with Crippen LogP contribution in [0.4, 0.5) is 0 Å². The molecule has 0 amide bonds. The van der Waals surface area contributed by atoms with Gasteiger partial charge in [0, 0.05) is 43.3 Å². The summed E-state index contributed by atoms with van der Waals surface area (Å²) < 4.78 is 2.63. The Kier molecular flexibility index (Phi) is 8.37. The molecule has 2 nitrogen and oxygen atoms in total. The highest BCUT2D eigenvalue weighted by Gasteiger charge is 2.49. The Balaban J connectivity index is 1.31. The van der Waals surface area contributed by atoms with Crippen molar-refractivity contribution in [2.75, 3.05) is 0 Å². The Bertz CT molecular complexity index is 1900. The second kappa shape index (κ2) is 12.9. The molecule has 2 unspecified atom stereocenters. The third-order valence-corrected chi connectivity index (χ3v) is 10.3. The van der Waals surface area contributed by atoms with Gasteiger partial charge in [0.15, 0.2) is 11.7 Å². The Morgan fingerprint density at radius 1 is 0.609 bits per heavy atom. The quantitative estimate of drug-likeness (QED) is 0.151. The number of nitrogens with zero attached hydrogens (tertiary/aromatic N) is 2. The smallest absolute Gasteiger partial charge is 0.213 e. The van der Waals surface area contributed by atoms with Crippen LogP contribution in [0.25, 0.3) is 55.8 Å². The van der Waals surface area contributed by atoms with Crippen molar-refractivity contribution >= 4 is 0 Å². The zero-order valence-corrected chi connectivity index (χ0v) is 27.3. The van der Waals surface area contributed by atoms with Gasteiger partial charge in [0.25, 0.3) is 0 Å². The number of pyridine rings is 2. The lowest BCUT2D eigenvalue weighted by molar-refractivity contribution is -0.766. The number of aromatic nitrogens is 2. The van der Waals surface area contributed by atoms with Gasteiger partial charge in [-0.2, -0.15) is 4.57 Å². The zero-order chi connectivity index (χ0) is 31.5. The molecule has 4 aromatic carbocycles. The summed E-state index contributed by atoms with van der Waals surface area (Å²) in [4.78, 5) is 4.25. The first-order valence-electron chi connectivity index (χ1n) is 17.0. The zero-order valence-electron chi connectivity index (χ0n) is 27.3. The van der Waals surface area contributed by atoms with E-state index >= 15 is 0 Å². The second-order valence-corrected chi connectivity index (χ2v) is 12.8. The van der Waals surface area contributed by atoms with Gasteiger partial charge in [0.2, 0.25) is 5.69 Å². The SMILES string of the molecule is CCCC(CC)C1(CC)Cc2ccc(-c3cccc(-c4cc(-c5ccccc5)cc(-c5ccncc5)c4)c3)cc2-c2cccc[n+]21. The Hall–Kier alpha value is -4.82. The van der Waals surface area contributed by atoms with Crippen molar-refractivity contribution in [1.82, 2.24) is 4.98 Å². The molecule has 0 aliphatic carbocycles. The maximum absolute atomic E-state index is 4.25. The van der Waals surface area contributed by atoms with Crippen LogP contribution < -0.4 is 4.57 Å². The predicted octanol–water partition coefficient (Wildman–Crippen LogP) is 11.2. The summed E-state index contributed by atoms with van der Waals surface area (Å²) in [5.41, 5.74) is 14.0. The van der Waals surface area contributed by atoms with Gasteiger partial charge in [0.05, 0.1) is 5.56 Å². The molecular weight excluding hydrogens is 556 g/mol. The molecule has 7 rings (SSSR count). The first-order valence-corrected chi connectivity index (χ1v) is 17.0. The van der Waals surface area contributed by atoms with E-state index in [9.17, 15) is 0 Å². The lowest BCUT2D eigenvalue weighted by atomic mass is 9.70. The number of hydrogen-bond donors (Lipinski definition) is 0. The van der Waals surface area contributed by atoms with E-state index in [-0.39, 0.29) is 5.54 Å². The molecule has 1 aliphatic heterocycles. The van der Waals surface area contributed by atoms with Gasteiger partial charge in [-0.25, -0.2) is 0 Å². The Morgan fingerprint density at radius 2 is 1.22 bits per heavy atom. The highest BCUT2D eigenvalue weighted by molar-refractivity contribution is 5.83. The van der Waals surface area contributed by atoms with Gasteiger partial charge in [-0.1, -0.05) is 87.9 Å². The summed E-state index contributed by atoms with van der Waals surface area (Å²) in [6.07, 6.45) is 12.0. The van der Waals surface area contributed by atoms with Crippen LogP contribution in [0.3, 0.4) is 0 Å². The molecule has 0 bridgehead atoms. The molecule has 0 saturated carbocycles. The van der Waals surface area contributed by atoms with Crippen molar-refractivity contribution in [2.45, 2.75) is 58.4 Å². The van der Waals surface area contributed by atoms with E-state index in [1.165, 1.54) is 80.6 Å². The van der Waals surface area contributed by atoms with E-state index in [2.05, 4.69) is 158 Å². The molecule has 0 fully saturated rings. The molecule has 2 heteroatoms. The lowest BCUT2D eigenvalue weighted by Gasteiger charge is -2.39. The third kappa shape index (κ3) is 5.47. The maximum Gasteiger partial charge on any atom is 0.213 e. The van der Waals surface area contributed by atoms with Crippen LogP contribution in [-0.2, 0) is 12.0 Å². The monoisotopic (exact) mass is 599 g/mol. The summed E-state index contributed by atoms with van der Waals surface area (Å²) in [5, 5.41) is 0. The largest absolute Gasteiger partial charge is 0.265 e. The van der Waals surface area contributed by atoms with Crippen LogP contribution in [0.5, 0.6) is 0 Å². The van der Waals surface area contributed by atoms with E-state index in [1.807, 2.05) is 12.4 Å². The number of fused-ring (bicyclic) bond motifs is 3. The van der Waals surface area contributed by atoms with Crippen LogP contribution >= 0.6 is 0 Å². The average molecular weight is 600 g/mol. The van der Waals surface area contributed by atoms with E-state index < -0.39 is 0 Å². The molecule has 6 aromatic rings. The number of rotatable bonds is 9. The van der Waals surface area contributed by atoms with E-state index in [4.69, 9.17) is 0 Å². The van der Waals surface area contributed by atoms with E-state index in [0.29, 0.717) is 5.92 Å². The first-order chi connectivity index (χ1) is 22.6. The van der Waals surface area contributed by atoms with Crippen molar-refractivity contribution in [3.05, 3.63) is 145 Å². The molecule has 1 aliphatic rings. The fourth-order valence-corrected chi connectivity index (χ4v) is 7.92. The molecule has 2 aromatic heterocycles. The van der Waals surface area contributed by atoms with Crippen molar-refractivity contribution in [3.8, 4) is 55.8 Å². The minimum atomic E-state index is 0.117. The average Bonchev–Trinajstić information content (AvgIpc) is 3.14. The van der Waals surface area contributed by atoms with Gasteiger partial charge in [-0.15, -0.1) is 0 Å². The van der Waals surface area contributed by atoms with E-state index in [1.54, 1.807) is 0 Å². The Morgan fingerprint density at radius 3 is 1.91 bits per heavy atom. The number of hydrogen-bond acceptors (Lipinski definition) is 1. The van der Waals surface area contributed by atoms with Crippen LogP contribution in [0.1, 0.15) is 52.0 Å². The fraction of sp³-hybridized carbons (Fsp3) is 0.227. The first kappa shape index (κ1) is 29.9. The molecule has 3 heterocycles. The summed E-state index contributed by atoms with van der Waals surface area (Å²) in [6.45, 7) is 7.10. The van der Waals surface area contributed by atoms with Crippen LogP contribution in [0.15, 0.2) is 140 Å². The summed E-state index contributed by atoms with van der Waals surface area (Å²) in [5.74, 6) is 0.654. The van der Waals surface area contributed by atoms with Crippen molar-refractivity contribution in [3.63, 3.8) is 0 Å². The van der Waals surface area contributed by atoms with Crippen LogP contribution in [0.2, 0.25) is 0 Å². The lowest BCUT2D eigenvalue weighted by Crippen LogP contribution is -2.64. The second-order valence-electron chi connectivity index (χ2n) is 12.8. The van der Waals surface area contributed by atoms with Crippen LogP contribution in [0, 0.1) is 5.92 Å². The topological polar surface area (TPSA) is 16.8 Å². The third-order valence-electron chi connectivity index (χ3n) is 10.3. The minimum absolute atomic E-state index is 0.117. The maximum atomic E-state index is 4.25. The van der Waals surface area contributed by atoms with E-state index in [0.717, 1.165) is 12.8 Å². The molecule has 228 valence electrons. The number of benzene rings is 4. The molecule has 0 saturated heterocycles. The highest BCUT2D eigenvalue weighted by Crippen LogP contribution is 2.43. The van der Waals surface area contributed by atoms with Gasteiger partial charge in [-0.3, -0.25) is 4.98 Å². The molecule has 2 atom stereocenters. The molecular formula is C44H43N2+. The summed E-state index contributed by atoms with van der Waals surface area (Å²) >= 11 is 0. The fourth-order valence-electron chi connectivity index (χ4n) is 7.92. The van der Waals surface area contributed by atoms with Gasteiger partial charge >= 0.3 is 0 Å². The van der Waals surface area contributed by atoms with Gasteiger partial charge < -0.3 is 0 Å².